The van der Waals surface area contributed by atoms with Crippen LogP contribution in [0.4, 0.5) is 0 Å². The van der Waals surface area contributed by atoms with Crippen LogP contribution < -0.4 is 14.8 Å². The number of rotatable bonds is 8. The molecule has 0 amide bonds. The van der Waals surface area contributed by atoms with Gasteiger partial charge in [0, 0.05) is 23.6 Å². The first kappa shape index (κ1) is 23.1. The van der Waals surface area contributed by atoms with Crippen molar-refractivity contribution in [2.24, 2.45) is 0 Å². The van der Waals surface area contributed by atoms with E-state index in [0.717, 1.165) is 0 Å². The lowest BCUT2D eigenvalue weighted by molar-refractivity contribution is -0.142. The van der Waals surface area contributed by atoms with Gasteiger partial charge in [0.2, 0.25) is 0 Å². The van der Waals surface area contributed by atoms with Crippen molar-refractivity contribution >= 4 is 17.7 Å². The van der Waals surface area contributed by atoms with Crippen molar-refractivity contribution in [2.75, 3.05) is 13.7 Å². The number of esters is 2. The predicted molar refractivity (Wildman–Crippen MR) is 112 cm³/mol. The Morgan fingerprint density at radius 1 is 0.967 bits per heavy atom. The Morgan fingerprint density at radius 3 is 2.17 bits per heavy atom. The minimum Gasteiger partial charge on any atom is -0.497 e. The highest BCUT2D eigenvalue weighted by atomic mass is 16.5. The average molecular weight is 413 g/mol. The van der Waals surface area contributed by atoms with Crippen LogP contribution in [0.1, 0.15) is 54.0 Å². The highest BCUT2D eigenvalue weighted by Gasteiger charge is 2.17. The van der Waals surface area contributed by atoms with Gasteiger partial charge in [0.1, 0.15) is 18.1 Å². The van der Waals surface area contributed by atoms with Gasteiger partial charge >= 0.3 is 11.9 Å². The fourth-order valence-corrected chi connectivity index (χ4v) is 2.48. The molecule has 0 radical (unpaired) electrons. The van der Waals surface area contributed by atoms with Crippen LogP contribution in [0.2, 0.25) is 0 Å². The van der Waals surface area contributed by atoms with Crippen LogP contribution >= 0.6 is 0 Å². The topological polar surface area (TPSA) is 90.9 Å². The Morgan fingerprint density at radius 2 is 1.60 bits per heavy atom. The molecule has 0 saturated carbocycles. The number of ketones is 1. The van der Waals surface area contributed by atoms with Gasteiger partial charge in [0.05, 0.1) is 19.2 Å². The van der Waals surface area contributed by atoms with Crippen LogP contribution in [0, 0.1) is 0 Å². The van der Waals surface area contributed by atoms with Crippen LogP contribution in [-0.4, -0.2) is 36.9 Å². The van der Waals surface area contributed by atoms with Gasteiger partial charge in [-0.1, -0.05) is 0 Å². The first-order valence-electron chi connectivity index (χ1n) is 9.50. The molecule has 0 aliphatic heterocycles. The maximum atomic E-state index is 12.5. The van der Waals surface area contributed by atoms with E-state index in [-0.39, 0.29) is 30.2 Å². The van der Waals surface area contributed by atoms with Gasteiger partial charge in [-0.2, -0.15) is 0 Å². The lowest BCUT2D eigenvalue weighted by Gasteiger charge is -2.20. The fourth-order valence-electron chi connectivity index (χ4n) is 2.48. The number of nitrogens with one attached hydrogen (secondary N) is 1. The average Bonchev–Trinajstić information content (AvgIpc) is 2.70. The quantitative estimate of drug-likeness (QED) is 0.402. The van der Waals surface area contributed by atoms with E-state index >= 15 is 0 Å². The summed E-state index contributed by atoms with van der Waals surface area (Å²) in [6.07, 6.45) is 0. The SMILES string of the molecule is COc1ccc(C(=O)Oc2ccc(C(=O)CNC(C)(C)C)cc2COC(C)=O)cc1. The summed E-state index contributed by atoms with van der Waals surface area (Å²) in [5, 5.41) is 3.14. The summed E-state index contributed by atoms with van der Waals surface area (Å²) in [6.45, 7) is 7.22. The van der Waals surface area contributed by atoms with Gasteiger partial charge < -0.3 is 19.5 Å². The lowest BCUT2D eigenvalue weighted by Crippen LogP contribution is -2.39. The molecule has 30 heavy (non-hydrogen) atoms. The summed E-state index contributed by atoms with van der Waals surface area (Å²) in [5.74, 6) is -0.336. The van der Waals surface area contributed by atoms with Crippen molar-refractivity contribution in [2.45, 2.75) is 39.8 Å². The molecule has 2 rings (SSSR count). The Bertz CT molecular complexity index is 912. The molecule has 1 N–H and O–H groups in total. The maximum absolute atomic E-state index is 12.5. The second kappa shape index (κ2) is 10.0. The Labute approximate surface area is 176 Å². The number of benzene rings is 2. The zero-order valence-electron chi connectivity index (χ0n) is 17.9. The van der Waals surface area contributed by atoms with Crippen LogP contribution in [0.3, 0.4) is 0 Å². The van der Waals surface area contributed by atoms with Crippen LogP contribution in [0.25, 0.3) is 0 Å². The van der Waals surface area contributed by atoms with E-state index in [2.05, 4.69) is 5.32 Å². The highest BCUT2D eigenvalue weighted by molar-refractivity contribution is 5.98. The Hall–Kier alpha value is -3.19. The van der Waals surface area contributed by atoms with E-state index in [9.17, 15) is 14.4 Å². The lowest BCUT2D eigenvalue weighted by atomic mass is 10.0. The molecule has 0 unspecified atom stereocenters. The first-order valence-corrected chi connectivity index (χ1v) is 9.50. The standard InChI is InChI=1S/C23H27NO6/c1-15(25)29-14-18-12-17(20(26)13-24-23(2,3)4)8-11-21(18)30-22(27)16-6-9-19(28-5)10-7-16/h6-12,24H,13-14H2,1-5H3. The van der Waals surface area contributed by atoms with Crippen molar-refractivity contribution in [3.8, 4) is 11.5 Å². The summed E-state index contributed by atoms with van der Waals surface area (Å²) in [4.78, 5) is 36.2. The number of methoxy groups -OCH3 is 1. The van der Waals surface area contributed by atoms with E-state index in [0.29, 0.717) is 22.4 Å². The van der Waals surface area contributed by atoms with Gasteiger partial charge in [0.25, 0.3) is 0 Å². The molecule has 0 aliphatic carbocycles. The van der Waals surface area contributed by atoms with Gasteiger partial charge in [-0.25, -0.2) is 4.79 Å². The number of carbonyl (C=O) groups is 3. The molecule has 2 aromatic rings. The van der Waals surface area contributed by atoms with Crippen LogP contribution in [-0.2, 0) is 16.1 Å². The van der Waals surface area contributed by atoms with Crippen molar-refractivity contribution in [3.05, 3.63) is 59.2 Å². The number of hydrogen-bond acceptors (Lipinski definition) is 7. The minimum atomic E-state index is -0.574. The first-order chi connectivity index (χ1) is 14.1. The van der Waals surface area contributed by atoms with Gasteiger partial charge in [-0.15, -0.1) is 0 Å². The zero-order chi connectivity index (χ0) is 22.3. The summed E-state index contributed by atoms with van der Waals surface area (Å²) in [6, 6.07) is 11.2. The zero-order valence-corrected chi connectivity index (χ0v) is 17.9. The molecule has 160 valence electrons. The molecule has 0 aliphatic rings. The molecular formula is C23H27NO6. The summed E-state index contributed by atoms with van der Waals surface area (Å²) in [7, 11) is 1.54. The van der Waals surface area contributed by atoms with Gasteiger partial charge in [0.15, 0.2) is 5.78 Å². The smallest absolute Gasteiger partial charge is 0.343 e. The Balaban J connectivity index is 2.22. The molecule has 0 spiro atoms. The van der Waals surface area contributed by atoms with E-state index in [4.69, 9.17) is 14.2 Å². The molecule has 0 atom stereocenters. The molecule has 7 nitrogen and oxygen atoms in total. The second-order valence-corrected chi connectivity index (χ2v) is 7.75. The summed E-state index contributed by atoms with van der Waals surface area (Å²) in [5.41, 5.74) is 0.986. The maximum Gasteiger partial charge on any atom is 0.343 e. The second-order valence-electron chi connectivity index (χ2n) is 7.75. The molecule has 7 heteroatoms. The predicted octanol–water partition coefficient (Wildman–Crippen LogP) is 3.55. The van der Waals surface area contributed by atoms with Crippen molar-refractivity contribution < 1.29 is 28.6 Å². The molecule has 0 heterocycles. The van der Waals surface area contributed by atoms with Gasteiger partial charge in [-0.05, 0) is 63.2 Å². The fraction of sp³-hybridized carbons (Fsp3) is 0.348. The third kappa shape index (κ3) is 7.00. The van der Waals surface area contributed by atoms with Crippen LogP contribution in [0.5, 0.6) is 11.5 Å². The summed E-state index contributed by atoms with van der Waals surface area (Å²) >= 11 is 0. The largest absolute Gasteiger partial charge is 0.497 e. The van der Waals surface area contributed by atoms with Crippen molar-refractivity contribution in [1.29, 1.82) is 0 Å². The highest BCUT2D eigenvalue weighted by Crippen LogP contribution is 2.23. The third-order valence-electron chi connectivity index (χ3n) is 4.12. The van der Waals surface area contributed by atoms with Crippen molar-refractivity contribution in [1.82, 2.24) is 5.32 Å². The monoisotopic (exact) mass is 413 g/mol. The molecule has 0 bridgehead atoms. The number of ether oxygens (including phenoxy) is 3. The third-order valence-corrected chi connectivity index (χ3v) is 4.12. The van der Waals surface area contributed by atoms with Crippen LogP contribution in [0.15, 0.2) is 42.5 Å². The summed E-state index contributed by atoms with van der Waals surface area (Å²) < 4.78 is 15.6. The van der Waals surface area contributed by atoms with E-state index in [1.165, 1.54) is 20.1 Å². The number of Topliss-reactive ketones (excluding diaryl/α,β-unsaturated/α-hetero) is 1. The molecule has 2 aromatic carbocycles. The molecule has 0 saturated heterocycles. The van der Waals surface area contributed by atoms with Gasteiger partial charge in [-0.3, -0.25) is 9.59 Å². The molecule has 0 aromatic heterocycles. The minimum absolute atomic E-state index is 0.117. The normalized spacial score (nSPS) is 11.0. The van der Waals surface area contributed by atoms with E-state index < -0.39 is 11.9 Å². The van der Waals surface area contributed by atoms with E-state index in [1.807, 2.05) is 20.8 Å². The number of hydrogen-bond donors (Lipinski definition) is 1. The van der Waals surface area contributed by atoms with E-state index in [1.54, 1.807) is 36.4 Å². The number of carbonyl (C=O) groups excluding carboxylic acids is 3. The molecule has 0 fully saturated rings. The Kier molecular flexibility index (Phi) is 7.72. The molecular weight excluding hydrogens is 386 g/mol. The van der Waals surface area contributed by atoms with Crippen molar-refractivity contribution in [3.63, 3.8) is 0 Å².